The van der Waals surface area contributed by atoms with Crippen LogP contribution in [0.1, 0.15) is 24.1 Å². The predicted octanol–water partition coefficient (Wildman–Crippen LogP) is 1.65. The van der Waals surface area contributed by atoms with Gasteiger partial charge >= 0.3 is 12.0 Å². The van der Waals surface area contributed by atoms with Gasteiger partial charge in [-0.05, 0) is 37.5 Å². The second-order valence-corrected chi connectivity index (χ2v) is 5.96. The lowest BCUT2D eigenvalue weighted by atomic mass is 9.97. The van der Waals surface area contributed by atoms with Gasteiger partial charge in [-0.2, -0.15) is 0 Å². The summed E-state index contributed by atoms with van der Waals surface area (Å²) in [6.07, 6.45) is 4.86. The van der Waals surface area contributed by atoms with Gasteiger partial charge in [0, 0.05) is 25.5 Å². The molecule has 0 spiro atoms. The first kappa shape index (κ1) is 15.3. The van der Waals surface area contributed by atoms with Gasteiger partial charge in [0.2, 0.25) is 0 Å². The van der Waals surface area contributed by atoms with Crippen LogP contribution < -0.4 is 5.32 Å². The molecule has 7 nitrogen and oxygen atoms in total. The van der Waals surface area contributed by atoms with E-state index in [-0.39, 0.29) is 11.9 Å². The molecule has 2 amide bonds. The number of aliphatic carboxylic acids is 1. The lowest BCUT2D eigenvalue weighted by Crippen LogP contribution is -2.45. The molecule has 7 heteroatoms. The zero-order valence-corrected chi connectivity index (χ0v) is 13.0. The van der Waals surface area contributed by atoms with E-state index in [1.807, 2.05) is 35.9 Å². The third-order valence-electron chi connectivity index (χ3n) is 4.22. The fraction of sp³-hybridized carbons (Fsp3) is 0.438. The highest BCUT2D eigenvalue weighted by molar-refractivity contribution is 5.75. The van der Waals surface area contributed by atoms with Crippen molar-refractivity contribution in [1.82, 2.24) is 19.6 Å². The number of carbonyl (C=O) groups excluding carboxylic acids is 1. The molecule has 0 unspecified atom stereocenters. The Morgan fingerprint density at radius 1 is 1.39 bits per heavy atom. The highest BCUT2D eigenvalue weighted by Gasteiger charge is 2.26. The molecule has 0 atom stereocenters. The van der Waals surface area contributed by atoms with Crippen molar-refractivity contribution >= 4 is 17.6 Å². The van der Waals surface area contributed by atoms with Crippen LogP contribution in [0.4, 0.5) is 4.79 Å². The topological polar surface area (TPSA) is 86.9 Å². The number of nitrogens with one attached hydrogen (secondary N) is 1. The van der Waals surface area contributed by atoms with E-state index in [9.17, 15) is 9.59 Å². The number of urea groups is 1. The Labute approximate surface area is 133 Å². The zero-order chi connectivity index (χ0) is 16.4. The summed E-state index contributed by atoms with van der Waals surface area (Å²) >= 11 is 0. The Hall–Kier alpha value is -2.57. The molecular formula is C16H20N4O3. The number of carboxylic acid groups (broad SMARTS) is 1. The maximum absolute atomic E-state index is 12.2. The fourth-order valence-electron chi connectivity index (χ4n) is 2.83. The van der Waals surface area contributed by atoms with E-state index in [1.165, 1.54) is 0 Å². The van der Waals surface area contributed by atoms with Gasteiger partial charge in [0.1, 0.15) is 5.65 Å². The lowest BCUT2D eigenvalue weighted by Gasteiger charge is -2.30. The summed E-state index contributed by atoms with van der Waals surface area (Å²) in [5.74, 6) is -1.11. The van der Waals surface area contributed by atoms with Gasteiger partial charge in [-0.1, -0.05) is 0 Å². The number of carbonyl (C=O) groups is 2. The average Bonchev–Trinajstić information content (AvgIpc) is 2.94. The lowest BCUT2D eigenvalue weighted by molar-refractivity contribution is -0.143. The minimum atomic E-state index is -0.773. The van der Waals surface area contributed by atoms with Crippen LogP contribution >= 0.6 is 0 Å². The SMILES string of the molecule is Cc1ccn2cc(CNC(=O)N3CCC(C(=O)O)CC3)nc2c1. The molecule has 3 heterocycles. The molecule has 3 rings (SSSR count). The molecule has 0 radical (unpaired) electrons. The second-order valence-electron chi connectivity index (χ2n) is 5.96. The van der Waals surface area contributed by atoms with E-state index < -0.39 is 5.97 Å². The van der Waals surface area contributed by atoms with Crippen molar-refractivity contribution in [3.05, 3.63) is 35.8 Å². The number of aromatic nitrogens is 2. The third kappa shape index (κ3) is 3.44. The fourth-order valence-corrected chi connectivity index (χ4v) is 2.83. The van der Waals surface area contributed by atoms with Crippen LogP contribution in [0.5, 0.6) is 0 Å². The number of piperidine rings is 1. The summed E-state index contributed by atoms with van der Waals surface area (Å²) in [6.45, 7) is 3.33. The van der Waals surface area contributed by atoms with Crippen LogP contribution in [0.15, 0.2) is 24.5 Å². The Morgan fingerprint density at radius 3 is 2.83 bits per heavy atom. The predicted molar refractivity (Wildman–Crippen MR) is 84.1 cm³/mol. The minimum absolute atomic E-state index is 0.165. The summed E-state index contributed by atoms with van der Waals surface area (Å²) in [5.41, 5.74) is 2.79. The first-order chi connectivity index (χ1) is 11.0. The highest BCUT2D eigenvalue weighted by Crippen LogP contribution is 2.17. The van der Waals surface area contributed by atoms with E-state index in [1.54, 1.807) is 4.90 Å². The van der Waals surface area contributed by atoms with Crippen molar-refractivity contribution in [3.63, 3.8) is 0 Å². The van der Waals surface area contributed by atoms with Crippen molar-refractivity contribution in [2.24, 2.45) is 5.92 Å². The number of aryl methyl sites for hydroxylation is 1. The molecule has 2 N–H and O–H groups in total. The number of imidazole rings is 1. The molecule has 1 saturated heterocycles. The smallest absolute Gasteiger partial charge is 0.317 e. The van der Waals surface area contributed by atoms with E-state index in [2.05, 4.69) is 10.3 Å². The molecule has 0 aliphatic carbocycles. The molecule has 23 heavy (non-hydrogen) atoms. The number of amides is 2. The van der Waals surface area contributed by atoms with E-state index in [0.29, 0.717) is 32.5 Å². The number of nitrogens with zero attached hydrogens (tertiary/aromatic N) is 3. The van der Waals surface area contributed by atoms with Crippen LogP contribution in [-0.2, 0) is 11.3 Å². The van der Waals surface area contributed by atoms with Crippen molar-refractivity contribution < 1.29 is 14.7 Å². The first-order valence-electron chi connectivity index (χ1n) is 7.73. The van der Waals surface area contributed by atoms with Gasteiger partial charge < -0.3 is 19.7 Å². The second kappa shape index (κ2) is 6.28. The molecule has 0 aromatic carbocycles. The Bertz CT molecular complexity index is 732. The first-order valence-corrected chi connectivity index (χ1v) is 7.73. The normalized spacial score (nSPS) is 15.8. The van der Waals surface area contributed by atoms with Gasteiger partial charge in [0.05, 0.1) is 18.2 Å². The summed E-state index contributed by atoms with van der Waals surface area (Å²) in [7, 11) is 0. The summed E-state index contributed by atoms with van der Waals surface area (Å²) in [5, 5.41) is 11.8. The van der Waals surface area contributed by atoms with Crippen molar-refractivity contribution in [2.45, 2.75) is 26.3 Å². The van der Waals surface area contributed by atoms with Crippen LogP contribution in [0, 0.1) is 12.8 Å². The van der Waals surface area contributed by atoms with Crippen LogP contribution in [0.2, 0.25) is 0 Å². The number of carboxylic acids is 1. The van der Waals surface area contributed by atoms with Crippen LogP contribution in [0.3, 0.4) is 0 Å². The van der Waals surface area contributed by atoms with Gasteiger partial charge in [0.25, 0.3) is 0 Å². The quantitative estimate of drug-likeness (QED) is 0.901. The maximum atomic E-state index is 12.2. The summed E-state index contributed by atoms with van der Waals surface area (Å²) < 4.78 is 1.92. The average molecular weight is 316 g/mol. The number of hydrogen-bond acceptors (Lipinski definition) is 3. The van der Waals surface area contributed by atoms with E-state index in [4.69, 9.17) is 5.11 Å². The molecule has 2 aromatic rings. The summed E-state index contributed by atoms with van der Waals surface area (Å²) in [4.78, 5) is 29.2. The van der Waals surface area contributed by atoms with Gasteiger partial charge in [-0.15, -0.1) is 0 Å². The van der Waals surface area contributed by atoms with Gasteiger partial charge in [-0.25, -0.2) is 9.78 Å². The number of fused-ring (bicyclic) bond motifs is 1. The molecule has 122 valence electrons. The monoisotopic (exact) mass is 316 g/mol. The number of likely N-dealkylation sites (tertiary alicyclic amines) is 1. The molecule has 0 saturated carbocycles. The zero-order valence-electron chi connectivity index (χ0n) is 13.0. The van der Waals surface area contributed by atoms with Crippen LogP contribution in [0.25, 0.3) is 5.65 Å². The largest absolute Gasteiger partial charge is 0.481 e. The Morgan fingerprint density at radius 2 is 2.13 bits per heavy atom. The number of pyridine rings is 1. The maximum Gasteiger partial charge on any atom is 0.317 e. The summed E-state index contributed by atoms with van der Waals surface area (Å²) in [6, 6.07) is 3.83. The molecule has 1 aliphatic rings. The van der Waals surface area contributed by atoms with E-state index >= 15 is 0 Å². The Balaban J connectivity index is 1.55. The Kier molecular flexibility index (Phi) is 4.18. The van der Waals surface area contributed by atoms with E-state index in [0.717, 1.165) is 16.9 Å². The molecule has 1 fully saturated rings. The minimum Gasteiger partial charge on any atom is -0.481 e. The van der Waals surface area contributed by atoms with Gasteiger partial charge in [-0.3, -0.25) is 4.79 Å². The number of hydrogen-bond donors (Lipinski definition) is 2. The van der Waals surface area contributed by atoms with Crippen molar-refractivity contribution in [2.75, 3.05) is 13.1 Å². The van der Waals surface area contributed by atoms with Gasteiger partial charge in [0.15, 0.2) is 0 Å². The highest BCUT2D eigenvalue weighted by atomic mass is 16.4. The standard InChI is InChI=1S/C16H20N4O3/c1-11-2-5-20-10-13(18-14(20)8-11)9-17-16(23)19-6-3-12(4-7-19)15(21)22/h2,5,8,10,12H,3-4,6-7,9H2,1H3,(H,17,23)(H,21,22). The molecule has 2 aromatic heterocycles. The third-order valence-corrected chi connectivity index (χ3v) is 4.22. The number of rotatable bonds is 3. The van der Waals surface area contributed by atoms with Crippen molar-refractivity contribution in [3.8, 4) is 0 Å². The molecule has 0 bridgehead atoms. The molecule has 1 aliphatic heterocycles. The van der Waals surface area contributed by atoms with Crippen LogP contribution in [-0.4, -0.2) is 44.5 Å². The molecular weight excluding hydrogens is 296 g/mol. The van der Waals surface area contributed by atoms with Crippen molar-refractivity contribution in [1.29, 1.82) is 0 Å².